The van der Waals surface area contributed by atoms with Crippen molar-refractivity contribution in [3.63, 3.8) is 0 Å². The summed E-state index contributed by atoms with van der Waals surface area (Å²) in [6.07, 6.45) is 6.07. The van der Waals surface area contributed by atoms with Gasteiger partial charge in [0.2, 0.25) is 5.88 Å². The summed E-state index contributed by atoms with van der Waals surface area (Å²) in [7, 11) is 1.56. The molecule has 0 amide bonds. The highest BCUT2D eigenvalue weighted by Crippen LogP contribution is 2.44. The molecule has 28 heavy (non-hydrogen) atoms. The van der Waals surface area contributed by atoms with E-state index in [0.717, 1.165) is 36.9 Å². The zero-order chi connectivity index (χ0) is 19.7. The monoisotopic (exact) mass is 379 g/mol. The Morgan fingerprint density at radius 2 is 2.11 bits per heavy atom. The van der Waals surface area contributed by atoms with E-state index in [4.69, 9.17) is 4.74 Å². The lowest BCUT2D eigenvalue weighted by Crippen LogP contribution is -2.04. The molecule has 1 aromatic carbocycles. The molecular formula is C22H22FN3O2. The third kappa shape index (κ3) is 3.30. The standard InChI is InChI=1S/C22H22FN3O2/c1-3-4-14-5-8-16(11-18(14)23)22-25-19(13-27)21(15-6-7-15)26(22)17-9-10-20(28-2)24-12-17/h5,8-13,15H,3-4,6-7H2,1-2H3. The fourth-order valence-electron chi connectivity index (χ4n) is 3.52. The van der Waals surface area contributed by atoms with Crippen LogP contribution in [-0.2, 0) is 6.42 Å². The minimum Gasteiger partial charge on any atom is -0.481 e. The highest BCUT2D eigenvalue weighted by Gasteiger charge is 2.33. The minimum atomic E-state index is -0.248. The molecule has 0 radical (unpaired) electrons. The Hall–Kier alpha value is -3.02. The number of halogens is 1. The van der Waals surface area contributed by atoms with Gasteiger partial charge in [0.1, 0.15) is 17.3 Å². The molecule has 1 aliphatic rings. The number of imidazole rings is 1. The Morgan fingerprint density at radius 3 is 2.68 bits per heavy atom. The largest absolute Gasteiger partial charge is 0.481 e. The number of aldehydes is 1. The van der Waals surface area contributed by atoms with Gasteiger partial charge in [-0.1, -0.05) is 25.5 Å². The van der Waals surface area contributed by atoms with Crippen molar-refractivity contribution < 1.29 is 13.9 Å². The highest BCUT2D eigenvalue weighted by molar-refractivity contribution is 5.78. The number of rotatable bonds is 7. The van der Waals surface area contributed by atoms with Crippen molar-refractivity contribution in [1.29, 1.82) is 0 Å². The van der Waals surface area contributed by atoms with Crippen molar-refractivity contribution in [2.75, 3.05) is 7.11 Å². The predicted molar refractivity (Wildman–Crippen MR) is 105 cm³/mol. The Balaban J connectivity index is 1.89. The van der Waals surface area contributed by atoms with Crippen LogP contribution < -0.4 is 4.74 Å². The molecule has 0 aliphatic heterocycles. The number of hydrogen-bond donors (Lipinski definition) is 0. The van der Waals surface area contributed by atoms with E-state index in [-0.39, 0.29) is 11.7 Å². The number of nitrogens with zero attached hydrogens (tertiary/aromatic N) is 3. The second-order valence-electron chi connectivity index (χ2n) is 7.05. The first-order valence-corrected chi connectivity index (χ1v) is 9.53. The van der Waals surface area contributed by atoms with Crippen LogP contribution in [0.1, 0.15) is 53.8 Å². The van der Waals surface area contributed by atoms with Gasteiger partial charge in [-0.25, -0.2) is 14.4 Å². The quantitative estimate of drug-likeness (QED) is 0.557. The van der Waals surface area contributed by atoms with Gasteiger partial charge in [0.25, 0.3) is 0 Å². The van der Waals surface area contributed by atoms with E-state index >= 15 is 0 Å². The molecule has 1 fully saturated rings. The molecule has 6 heteroatoms. The van der Waals surface area contributed by atoms with Gasteiger partial charge >= 0.3 is 0 Å². The van der Waals surface area contributed by atoms with Gasteiger partial charge in [-0.2, -0.15) is 0 Å². The first kappa shape index (κ1) is 18.3. The summed E-state index contributed by atoms with van der Waals surface area (Å²) in [6, 6.07) is 8.82. The Morgan fingerprint density at radius 1 is 1.29 bits per heavy atom. The molecule has 1 saturated carbocycles. The molecule has 0 bridgehead atoms. The van der Waals surface area contributed by atoms with Crippen molar-refractivity contribution >= 4 is 6.29 Å². The normalized spacial score (nSPS) is 13.5. The van der Waals surface area contributed by atoms with E-state index in [1.54, 1.807) is 25.4 Å². The number of methoxy groups -OCH3 is 1. The lowest BCUT2D eigenvalue weighted by atomic mass is 10.1. The topological polar surface area (TPSA) is 57.0 Å². The van der Waals surface area contributed by atoms with Crippen LogP contribution in [0.3, 0.4) is 0 Å². The number of benzene rings is 1. The van der Waals surface area contributed by atoms with Crippen molar-refractivity contribution in [3.8, 4) is 23.0 Å². The van der Waals surface area contributed by atoms with Gasteiger partial charge < -0.3 is 4.74 Å². The van der Waals surface area contributed by atoms with E-state index in [1.165, 1.54) is 6.07 Å². The van der Waals surface area contributed by atoms with E-state index in [9.17, 15) is 9.18 Å². The molecule has 0 spiro atoms. The fraction of sp³-hybridized carbons (Fsp3) is 0.318. The van der Waals surface area contributed by atoms with Gasteiger partial charge in [0.05, 0.1) is 24.7 Å². The summed E-state index contributed by atoms with van der Waals surface area (Å²) < 4.78 is 21.7. The maximum absolute atomic E-state index is 14.6. The summed E-state index contributed by atoms with van der Waals surface area (Å²) in [5, 5.41) is 0. The van der Waals surface area contributed by atoms with E-state index in [0.29, 0.717) is 34.9 Å². The van der Waals surface area contributed by atoms with Crippen LogP contribution in [0.2, 0.25) is 0 Å². The van der Waals surface area contributed by atoms with Gasteiger partial charge in [-0.3, -0.25) is 9.36 Å². The number of carbonyl (C=O) groups excluding carboxylic acids is 1. The van der Waals surface area contributed by atoms with Crippen LogP contribution in [0.5, 0.6) is 5.88 Å². The van der Waals surface area contributed by atoms with Crippen molar-refractivity contribution in [2.24, 2.45) is 0 Å². The van der Waals surface area contributed by atoms with Crippen LogP contribution in [-0.4, -0.2) is 27.9 Å². The fourth-order valence-corrected chi connectivity index (χ4v) is 3.52. The first-order valence-electron chi connectivity index (χ1n) is 9.53. The third-order valence-corrected chi connectivity index (χ3v) is 5.04. The van der Waals surface area contributed by atoms with Crippen LogP contribution in [0, 0.1) is 5.82 Å². The predicted octanol–water partition coefficient (Wildman–Crippen LogP) is 4.72. The lowest BCUT2D eigenvalue weighted by Gasteiger charge is -2.13. The molecule has 0 saturated heterocycles. The van der Waals surface area contributed by atoms with Crippen LogP contribution in [0.4, 0.5) is 4.39 Å². The number of aryl methyl sites for hydroxylation is 1. The summed E-state index contributed by atoms with van der Waals surface area (Å²) in [5.74, 6) is 1.09. The molecule has 2 heterocycles. The number of pyridine rings is 1. The van der Waals surface area contributed by atoms with Crippen molar-refractivity contribution in [1.82, 2.24) is 14.5 Å². The van der Waals surface area contributed by atoms with Crippen molar-refractivity contribution in [2.45, 2.75) is 38.5 Å². The molecular weight excluding hydrogens is 357 g/mol. The Bertz CT molecular complexity index is 1010. The Labute approximate surface area is 163 Å². The van der Waals surface area contributed by atoms with Gasteiger partial charge in [-0.05, 0) is 37.0 Å². The lowest BCUT2D eigenvalue weighted by molar-refractivity contribution is 0.111. The SMILES string of the molecule is CCCc1ccc(-c2nc(C=O)c(C3CC3)n2-c2ccc(OC)nc2)cc1F. The van der Waals surface area contributed by atoms with Crippen LogP contribution in [0.15, 0.2) is 36.5 Å². The summed E-state index contributed by atoms with van der Waals surface area (Å²) in [6.45, 7) is 2.02. The molecule has 5 nitrogen and oxygen atoms in total. The number of hydrogen-bond acceptors (Lipinski definition) is 4. The average molecular weight is 379 g/mol. The Kier molecular flexibility index (Phi) is 4.94. The number of carbonyl (C=O) groups is 1. The highest BCUT2D eigenvalue weighted by atomic mass is 19.1. The molecule has 144 valence electrons. The van der Waals surface area contributed by atoms with Crippen LogP contribution in [0.25, 0.3) is 17.1 Å². The van der Waals surface area contributed by atoms with Gasteiger partial charge in [0.15, 0.2) is 6.29 Å². The first-order chi connectivity index (χ1) is 13.7. The summed E-state index contributed by atoms with van der Waals surface area (Å²) >= 11 is 0. The molecule has 0 unspecified atom stereocenters. The number of aromatic nitrogens is 3. The molecule has 4 rings (SSSR count). The van der Waals surface area contributed by atoms with E-state index < -0.39 is 0 Å². The molecule has 1 aliphatic carbocycles. The molecule has 3 aromatic rings. The second-order valence-corrected chi connectivity index (χ2v) is 7.05. The van der Waals surface area contributed by atoms with Crippen LogP contribution >= 0.6 is 0 Å². The zero-order valence-corrected chi connectivity index (χ0v) is 16.0. The van der Waals surface area contributed by atoms with Crippen molar-refractivity contribution in [3.05, 3.63) is 59.3 Å². The van der Waals surface area contributed by atoms with E-state index in [2.05, 4.69) is 9.97 Å². The van der Waals surface area contributed by atoms with Gasteiger partial charge in [-0.15, -0.1) is 0 Å². The molecule has 2 aromatic heterocycles. The maximum Gasteiger partial charge on any atom is 0.213 e. The zero-order valence-electron chi connectivity index (χ0n) is 16.0. The van der Waals surface area contributed by atoms with E-state index in [1.807, 2.05) is 23.6 Å². The average Bonchev–Trinajstić information content (AvgIpc) is 3.49. The minimum absolute atomic E-state index is 0.248. The third-order valence-electron chi connectivity index (χ3n) is 5.04. The molecule has 0 atom stereocenters. The second kappa shape index (κ2) is 7.54. The summed E-state index contributed by atoms with van der Waals surface area (Å²) in [5.41, 5.74) is 3.38. The van der Waals surface area contributed by atoms with Gasteiger partial charge in [0, 0.05) is 17.5 Å². The maximum atomic E-state index is 14.6. The summed E-state index contributed by atoms with van der Waals surface area (Å²) in [4.78, 5) is 20.6. The molecule has 0 N–H and O–H groups in total. The number of ether oxygens (including phenoxy) is 1. The smallest absolute Gasteiger partial charge is 0.213 e.